The zero-order chi connectivity index (χ0) is 25.3. The number of hydrogen-bond donors (Lipinski definition) is 2. The number of aliphatic hydroxyl groups excluding tert-OH is 1. The molecule has 0 bridgehead atoms. The minimum Gasteiger partial charge on any atom is -0.393 e. The van der Waals surface area contributed by atoms with Crippen molar-refractivity contribution in [2.24, 2.45) is 0 Å². The number of aliphatic hydroxyl groups is 1. The van der Waals surface area contributed by atoms with Crippen molar-refractivity contribution in [3.63, 3.8) is 0 Å². The second kappa shape index (κ2) is 9.81. The number of aryl methyl sites for hydroxylation is 1. The molecule has 4 nitrogen and oxygen atoms in total. The summed E-state index contributed by atoms with van der Waals surface area (Å²) in [4.78, 5) is 14.2. The summed E-state index contributed by atoms with van der Waals surface area (Å²) in [5.41, 5.74) is -1.83. The van der Waals surface area contributed by atoms with Crippen molar-refractivity contribution in [3.05, 3.63) is 70.0 Å². The highest BCUT2D eigenvalue weighted by atomic mass is 19.4. The second-order valence-electron chi connectivity index (χ2n) is 8.28. The Morgan fingerprint density at radius 3 is 2.24 bits per heavy atom. The second-order valence-corrected chi connectivity index (χ2v) is 8.28. The zero-order valence-electron chi connectivity index (χ0n) is 18.1. The van der Waals surface area contributed by atoms with Gasteiger partial charge in [-0.2, -0.15) is 26.3 Å². The number of alkyl halides is 6. The van der Waals surface area contributed by atoms with E-state index in [0.717, 1.165) is 0 Å². The summed E-state index contributed by atoms with van der Waals surface area (Å²) in [6.07, 6.45) is -10.3. The maximum atomic E-state index is 13.5. The molecule has 34 heavy (non-hydrogen) atoms. The molecule has 1 fully saturated rings. The van der Waals surface area contributed by atoms with Crippen LogP contribution in [0.4, 0.5) is 35.5 Å². The lowest BCUT2D eigenvalue weighted by molar-refractivity contribution is -0.143. The van der Waals surface area contributed by atoms with Crippen LogP contribution in [0.3, 0.4) is 0 Å². The molecular weight excluding hydrogens is 469 g/mol. The van der Waals surface area contributed by atoms with Crippen molar-refractivity contribution in [2.45, 2.75) is 50.7 Å². The molecule has 3 rings (SSSR count). The highest BCUT2D eigenvalue weighted by Crippen LogP contribution is 2.37. The SMILES string of the molecule is Cc1cc(F)ccc1[C@H]1C[C@H](O)CCN1C(=O)NCCc1cc(C(F)(F)F)cc(C(F)(F)F)c1. The minimum absolute atomic E-state index is 0.0523. The molecule has 1 heterocycles. The third kappa shape index (κ3) is 6.19. The molecule has 1 aliphatic rings. The van der Waals surface area contributed by atoms with E-state index in [0.29, 0.717) is 29.7 Å². The molecule has 0 aromatic heterocycles. The number of nitrogens with zero attached hydrogens (tertiary/aromatic N) is 1. The molecule has 2 aromatic carbocycles. The average molecular weight is 492 g/mol. The van der Waals surface area contributed by atoms with Gasteiger partial charge in [-0.05, 0) is 73.2 Å². The van der Waals surface area contributed by atoms with Gasteiger partial charge in [-0.3, -0.25) is 0 Å². The Balaban J connectivity index is 1.73. The van der Waals surface area contributed by atoms with Crippen LogP contribution >= 0.6 is 0 Å². The van der Waals surface area contributed by atoms with E-state index in [9.17, 15) is 40.6 Å². The fourth-order valence-electron chi connectivity index (χ4n) is 4.08. The van der Waals surface area contributed by atoms with Gasteiger partial charge in [0, 0.05) is 13.1 Å². The van der Waals surface area contributed by atoms with Crippen molar-refractivity contribution in [3.8, 4) is 0 Å². The van der Waals surface area contributed by atoms with Crippen molar-refractivity contribution in [1.82, 2.24) is 10.2 Å². The van der Waals surface area contributed by atoms with Crippen molar-refractivity contribution < 1.29 is 40.6 Å². The Hall–Kier alpha value is -2.82. The summed E-state index contributed by atoms with van der Waals surface area (Å²) < 4.78 is 91.7. The highest BCUT2D eigenvalue weighted by Gasteiger charge is 2.37. The molecule has 1 aliphatic heterocycles. The smallest absolute Gasteiger partial charge is 0.393 e. The Labute approximate surface area is 191 Å². The number of piperidine rings is 1. The van der Waals surface area contributed by atoms with Crippen LogP contribution in [0.1, 0.15) is 46.7 Å². The molecular formula is C23H23F7N2O2. The highest BCUT2D eigenvalue weighted by molar-refractivity contribution is 5.75. The normalized spacial score (nSPS) is 19.3. The molecule has 0 spiro atoms. The van der Waals surface area contributed by atoms with Crippen molar-refractivity contribution in [1.29, 1.82) is 0 Å². The van der Waals surface area contributed by atoms with Gasteiger partial charge in [0.15, 0.2) is 0 Å². The summed E-state index contributed by atoms with van der Waals surface area (Å²) in [5, 5.41) is 12.6. The summed E-state index contributed by atoms with van der Waals surface area (Å²) in [6, 6.07) is 4.24. The first kappa shape index (κ1) is 25.8. The van der Waals surface area contributed by atoms with E-state index in [2.05, 4.69) is 5.32 Å². The van der Waals surface area contributed by atoms with Crippen molar-refractivity contribution in [2.75, 3.05) is 13.1 Å². The predicted molar refractivity (Wildman–Crippen MR) is 109 cm³/mol. The molecule has 1 saturated heterocycles. The number of likely N-dealkylation sites (tertiary alicyclic amines) is 1. The van der Waals surface area contributed by atoms with Crippen LogP contribution in [-0.4, -0.2) is 35.2 Å². The van der Waals surface area contributed by atoms with Crippen LogP contribution < -0.4 is 5.32 Å². The summed E-state index contributed by atoms with van der Waals surface area (Å²) in [6.45, 7) is 1.64. The topological polar surface area (TPSA) is 52.6 Å². The molecule has 2 N–H and O–H groups in total. The van der Waals surface area contributed by atoms with Gasteiger partial charge in [0.05, 0.1) is 23.3 Å². The fourth-order valence-corrected chi connectivity index (χ4v) is 4.08. The van der Waals surface area contributed by atoms with Gasteiger partial charge in [-0.15, -0.1) is 0 Å². The van der Waals surface area contributed by atoms with Crippen LogP contribution in [-0.2, 0) is 18.8 Å². The van der Waals surface area contributed by atoms with Gasteiger partial charge in [0.2, 0.25) is 0 Å². The van der Waals surface area contributed by atoms with E-state index in [1.807, 2.05) is 0 Å². The molecule has 186 valence electrons. The monoisotopic (exact) mass is 492 g/mol. The number of amides is 2. The van der Waals surface area contributed by atoms with E-state index < -0.39 is 47.5 Å². The number of halogens is 7. The van der Waals surface area contributed by atoms with Gasteiger partial charge in [-0.1, -0.05) is 6.07 Å². The molecule has 2 aromatic rings. The molecule has 0 saturated carbocycles. The van der Waals surface area contributed by atoms with Crippen LogP contribution in [0.15, 0.2) is 36.4 Å². The van der Waals surface area contributed by atoms with E-state index in [4.69, 9.17) is 0 Å². The number of nitrogens with one attached hydrogen (secondary N) is 1. The predicted octanol–water partition coefficient (Wildman–Crippen LogP) is 5.62. The van der Waals surface area contributed by atoms with Crippen LogP contribution in [0.25, 0.3) is 0 Å². The third-order valence-corrected chi connectivity index (χ3v) is 5.76. The van der Waals surface area contributed by atoms with Crippen LogP contribution in [0, 0.1) is 12.7 Å². The number of carbonyl (C=O) groups excluding carboxylic acids is 1. The van der Waals surface area contributed by atoms with Gasteiger partial charge in [0.25, 0.3) is 0 Å². The number of rotatable bonds is 4. The largest absolute Gasteiger partial charge is 0.416 e. The first-order valence-corrected chi connectivity index (χ1v) is 10.5. The van der Waals surface area contributed by atoms with Crippen LogP contribution in [0.2, 0.25) is 0 Å². The lowest BCUT2D eigenvalue weighted by Crippen LogP contribution is -2.47. The standard InChI is InChI=1S/C23H23F7N2O2/c1-13-8-17(24)2-3-19(13)20-12-18(33)5-7-32(20)21(34)31-6-4-14-9-15(22(25,26)27)11-16(10-14)23(28,29)30/h2-3,8-11,18,20,33H,4-7,12H2,1H3,(H,31,34)/t18-,20-/m1/s1. The van der Waals surface area contributed by atoms with Gasteiger partial charge < -0.3 is 15.3 Å². The summed E-state index contributed by atoms with van der Waals surface area (Å²) in [7, 11) is 0. The third-order valence-electron chi connectivity index (χ3n) is 5.76. The Kier molecular flexibility index (Phi) is 7.44. The van der Waals surface area contributed by atoms with E-state index in [1.165, 1.54) is 23.1 Å². The fraction of sp³-hybridized carbons (Fsp3) is 0.435. The first-order chi connectivity index (χ1) is 15.8. The quantitative estimate of drug-likeness (QED) is 0.545. The van der Waals surface area contributed by atoms with Gasteiger partial charge >= 0.3 is 18.4 Å². The van der Waals surface area contributed by atoms with E-state index >= 15 is 0 Å². The molecule has 2 amide bonds. The lowest BCUT2D eigenvalue weighted by Gasteiger charge is -2.38. The lowest BCUT2D eigenvalue weighted by atomic mass is 9.91. The van der Waals surface area contributed by atoms with Gasteiger partial charge in [0.1, 0.15) is 5.82 Å². The number of carbonyl (C=O) groups is 1. The average Bonchev–Trinajstić information content (AvgIpc) is 2.72. The number of hydrogen-bond acceptors (Lipinski definition) is 2. The van der Waals surface area contributed by atoms with Crippen molar-refractivity contribution >= 4 is 6.03 Å². The molecule has 2 atom stereocenters. The van der Waals surface area contributed by atoms with Crippen LogP contribution in [0.5, 0.6) is 0 Å². The zero-order valence-corrected chi connectivity index (χ0v) is 18.1. The maximum absolute atomic E-state index is 13.5. The summed E-state index contributed by atoms with van der Waals surface area (Å²) >= 11 is 0. The number of urea groups is 1. The van der Waals surface area contributed by atoms with E-state index in [1.54, 1.807) is 6.92 Å². The maximum Gasteiger partial charge on any atom is 0.416 e. The molecule has 0 radical (unpaired) electrons. The molecule has 11 heteroatoms. The number of benzene rings is 2. The van der Waals surface area contributed by atoms with Gasteiger partial charge in [-0.25, -0.2) is 9.18 Å². The Morgan fingerprint density at radius 2 is 1.68 bits per heavy atom. The van der Waals surface area contributed by atoms with E-state index in [-0.39, 0.29) is 37.6 Å². The minimum atomic E-state index is -4.95. The summed E-state index contributed by atoms with van der Waals surface area (Å²) in [5.74, 6) is -0.451. The Bertz CT molecular complexity index is 1000. The Morgan fingerprint density at radius 1 is 1.06 bits per heavy atom. The molecule has 0 unspecified atom stereocenters. The molecule has 0 aliphatic carbocycles. The first-order valence-electron chi connectivity index (χ1n) is 10.5.